The fourth-order valence-electron chi connectivity index (χ4n) is 3.81. The monoisotopic (exact) mass is 357 g/mol. The SMILES string of the molecule is N#Cc1cc2c(nc1SCC(=O)NC1CCCCC1)CCCCCC2. The number of aromatic nitrogens is 1. The van der Waals surface area contributed by atoms with E-state index in [1.54, 1.807) is 0 Å². The van der Waals surface area contributed by atoms with Gasteiger partial charge < -0.3 is 5.32 Å². The maximum atomic E-state index is 12.2. The molecule has 1 saturated carbocycles. The van der Waals surface area contributed by atoms with Crippen molar-refractivity contribution in [3.8, 4) is 6.07 Å². The van der Waals surface area contributed by atoms with Crippen molar-refractivity contribution in [2.45, 2.75) is 81.7 Å². The average Bonchev–Trinajstić information content (AvgIpc) is 2.61. The number of pyridine rings is 1. The van der Waals surface area contributed by atoms with Crippen LogP contribution in [0.15, 0.2) is 11.1 Å². The molecule has 0 radical (unpaired) electrons. The van der Waals surface area contributed by atoms with Gasteiger partial charge in [0.05, 0.1) is 11.3 Å². The van der Waals surface area contributed by atoms with Gasteiger partial charge in [-0.15, -0.1) is 0 Å². The summed E-state index contributed by atoms with van der Waals surface area (Å²) in [5.41, 5.74) is 2.98. The number of aryl methyl sites for hydroxylation is 2. The molecule has 0 atom stereocenters. The minimum absolute atomic E-state index is 0.0642. The zero-order valence-corrected chi connectivity index (χ0v) is 15.7. The molecule has 4 nitrogen and oxygen atoms in total. The summed E-state index contributed by atoms with van der Waals surface area (Å²) in [5.74, 6) is 0.408. The maximum Gasteiger partial charge on any atom is 0.230 e. The van der Waals surface area contributed by atoms with Crippen molar-refractivity contribution in [3.05, 3.63) is 22.9 Å². The lowest BCUT2D eigenvalue weighted by atomic mass is 9.95. The van der Waals surface area contributed by atoms with E-state index in [1.807, 2.05) is 6.07 Å². The van der Waals surface area contributed by atoms with Gasteiger partial charge in [-0.1, -0.05) is 43.9 Å². The summed E-state index contributed by atoms with van der Waals surface area (Å²) >= 11 is 1.41. The average molecular weight is 358 g/mol. The summed E-state index contributed by atoms with van der Waals surface area (Å²) in [6, 6.07) is 4.62. The molecule has 0 bridgehead atoms. The lowest BCUT2D eigenvalue weighted by Gasteiger charge is -2.22. The second kappa shape index (κ2) is 9.24. The standard InChI is InChI=1S/C20H27N3OS/c21-13-16-12-15-8-4-1-2-7-11-18(15)23-20(16)25-14-19(24)22-17-9-5-3-6-10-17/h12,17H,1-11,14H2,(H,22,24). The highest BCUT2D eigenvalue weighted by atomic mass is 32.2. The molecule has 0 unspecified atom stereocenters. The normalized spacial score (nSPS) is 18.5. The van der Waals surface area contributed by atoms with Crippen LogP contribution in [0.25, 0.3) is 0 Å². The van der Waals surface area contributed by atoms with E-state index in [9.17, 15) is 10.1 Å². The van der Waals surface area contributed by atoms with Gasteiger partial charge >= 0.3 is 0 Å². The Morgan fingerprint density at radius 1 is 1.16 bits per heavy atom. The van der Waals surface area contributed by atoms with E-state index >= 15 is 0 Å². The van der Waals surface area contributed by atoms with Gasteiger partial charge in [-0.25, -0.2) is 4.98 Å². The summed E-state index contributed by atoms with van der Waals surface area (Å²) in [5, 5.41) is 13.3. The number of thioether (sulfide) groups is 1. The third-order valence-electron chi connectivity index (χ3n) is 5.20. The van der Waals surface area contributed by atoms with Crippen molar-refractivity contribution in [2.24, 2.45) is 0 Å². The van der Waals surface area contributed by atoms with Crippen LogP contribution < -0.4 is 5.32 Å². The first-order valence-corrected chi connectivity index (χ1v) is 10.6. The van der Waals surface area contributed by atoms with Gasteiger partial charge in [-0.05, 0) is 50.2 Å². The first kappa shape index (κ1) is 18.3. The Hall–Kier alpha value is -1.54. The van der Waals surface area contributed by atoms with Crippen LogP contribution in [0.2, 0.25) is 0 Å². The van der Waals surface area contributed by atoms with Crippen molar-refractivity contribution in [2.75, 3.05) is 5.75 Å². The topological polar surface area (TPSA) is 65.8 Å². The molecule has 0 aliphatic heterocycles. The number of fused-ring (bicyclic) bond motifs is 1. The molecule has 2 aliphatic rings. The smallest absolute Gasteiger partial charge is 0.230 e. The molecule has 1 heterocycles. The Morgan fingerprint density at radius 2 is 1.88 bits per heavy atom. The Labute approximate surface area is 154 Å². The van der Waals surface area contributed by atoms with E-state index in [0.29, 0.717) is 17.4 Å². The van der Waals surface area contributed by atoms with E-state index < -0.39 is 0 Å². The first-order valence-electron chi connectivity index (χ1n) is 9.61. The number of carbonyl (C=O) groups is 1. The quantitative estimate of drug-likeness (QED) is 0.822. The van der Waals surface area contributed by atoms with Crippen LogP contribution in [-0.4, -0.2) is 22.7 Å². The lowest BCUT2D eigenvalue weighted by Crippen LogP contribution is -2.37. The Kier molecular flexibility index (Phi) is 6.75. The number of carbonyl (C=O) groups excluding carboxylic acids is 1. The summed E-state index contributed by atoms with van der Waals surface area (Å²) in [4.78, 5) is 17.0. The lowest BCUT2D eigenvalue weighted by molar-refractivity contribution is -0.119. The number of nitriles is 1. The molecule has 1 fully saturated rings. The molecule has 1 N–H and O–H groups in total. The fraction of sp³-hybridized carbons (Fsp3) is 0.650. The van der Waals surface area contributed by atoms with Crippen molar-refractivity contribution in [1.82, 2.24) is 10.3 Å². The minimum atomic E-state index is 0.0642. The van der Waals surface area contributed by atoms with E-state index in [2.05, 4.69) is 11.4 Å². The van der Waals surface area contributed by atoms with Gasteiger partial charge in [0.25, 0.3) is 0 Å². The molecular weight excluding hydrogens is 330 g/mol. The van der Waals surface area contributed by atoms with Gasteiger partial charge in [0.2, 0.25) is 5.91 Å². The molecule has 5 heteroatoms. The summed E-state index contributed by atoms with van der Waals surface area (Å²) in [7, 11) is 0. The fourth-order valence-corrected chi connectivity index (χ4v) is 4.59. The van der Waals surface area contributed by atoms with Crippen LogP contribution in [0, 0.1) is 11.3 Å². The van der Waals surface area contributed by atoms with E-state index in [4.69, 9.17) is 4.98 Å². The molecule has 1 aromatic rings. The van der Waals surface area contributed by atoms with E-state index in [0.717, 1.165) is 42.8 Å². The maximum absolute atomic E-state index is 12.2. The number of hydrogen-bond acceptors (Lipinski definition) is 4. The van der Waals surface area contributed by atoms with Gasteiger partial charge in [-0.2, -0.15) is 5.26 Å². The van der Waals surface area contributed by atoms with Crippen molar-refractivity contribution in [1.29, 1.82) is 5.26 Å². The number of nitrogens with zero attached hydrogens (tertiary/aromatic N) is 2. The highest BCUT2D eigenvalue weighted by Crippen LogP contribution is 2.26. The highest BCUT2D eigenvalue weighted by molar-refractivity contribution is 8.00. The number of hydrogen-bond donors (Lipinski definition) is 1. The molecule has 0 saturated heterocycles. The Bertz CT molecular complexity index is 647. The molecule has 2 aliphatic carbocycles. The van der Waals surface area contributed by atoms with Crippen LogP contribution in [-0.2, 0) is 17.6 Å². The Morgan fingerprint density at radius 3 is 2.64 bits per heavy atom. The largest absolute Gasteiger partial charge is 0.353 e. The summed E-state index contributed by atoms with van der Waals surface area (Å²) in [6.45, 7) is 0. The third kappa shape index (κ3) is 5.22. The first-order chi connectivity index (χ1) is 12.3. The van der Waals surface area contributed by atoms with Gasteiger partial charge in [0.1, 0.15) is 11.1 Å². The zero-order chi connectivity index (χ0) is 17.5. The molecule has 0 spiro atoms. The second-order valence-corrected chi connectivity index (χ2v) is 8.13. The highest BCUT2D eigenvalue weighted by Gasteiger charge is 2.18. The van der Waals surface area contributed by atoms with Gasteiger partial charge in [0.15, 0.2) is 0 Å². The van der Waals surface area contributed by atoms with Crippen LogP contribution in [0.4, 0.5) is 0 Å². The molecule has 1 aromatic heterocycles. The number of rotatable bonds is 4. The zero-order valence-electron chi connectivity index (χ0n) is 14.9. The predicted molar refractivity (Wildman–Crippen MR) is 101 cm³/mol. The second-order valence-electron chi connectivity index (χ2n) is 7.16. The number of nitrogens with one attached hydrogen (secondary N) is 1. The van der Waals surface area contributed by atoms with Crippen molar-refractivity contribution >= 4 is 17.7 Å². The molecule has 1 amide bonds. The molecule has 134 valence electrons. The summed E-state index contributed by atoms with van der Waals surface area (Å²) < 4.78 is 0. The van der Waals surface area contributed by atoms with Crippen LogP contribution >= 0.6 is 11.8 Å². The van der Waals surface area contributed by atoms with Crippen molar-refractivity contribution in [3.63, 3.8) is 0 Å². The van der Waals surface area contributed by atoms with Gasteiger partial charge in [0, 0.05) is 11.7 Å². The van der Waals surface area contributed by atoms with Crippen LogP contribution in [0.1, 0.15) is 74.6 Å². The van der Waals surface area contributed by atoms with Gasteiger partial charge in [-0.3, -0.25) is 4.79 Å². The van der Waals surface area contributed by atoms with Crippen LogP contribution in [0.5, 0.6) is 0 Å². The summed E-state index contributed by atoms with van der Waals surface area (Å²) in [6.07, 6.45) is 12.8. The molecule has 3 rings (SSSR count). The third-order valence-corrected chi connectivity index (χ3v) is 6.19. The van der Waals surface area contributed by atoms with E-state index in [1.165, 1.54) is 55.9 Å². The number of amides is 1. The molecule has 25 heavy (non-hydrogen) atoms. The van der Waals surface area contributed by atoms with Crippen molar-refractivity contribution < 1.29 is 4.79 Å². The minimum Gasteiger partial charge on any atom is -0.353 e. The predicted octanol–water partition coefficient (Wildman–Crippen LogP) is 4.15. The van der Waals surface area contributed by atoms with E-state index in [-0.39, 0.29) is 5.91 Å². The molecular formula is C20H27N3OS. The van der Waals surface area contributed by atoms with Crippen LogP contribution in [0.3, 0.4) is 0 Å². The molecule has 0 aromatic carbocycles. The Balaban J connectivity index is 1.63.